The number of H-pyrrole nitrogens is 1. The number of fused-ring (bicyclic) bond motifs is 1. The van der Waals surface area contributed by atoms with Gasteiger partial charge in [0.1, 0.15) is 0 Å². The van der Waals surface area contributed by atoms with Crippen molar-refractivity contribution in [2.45, 2.75) is 38.6 Å². The number of imidazole rings is 1. The molecule has 19 heavy (non-hydrogen) atoms. The Hall–Kier alpha value is -1.55. The number of aryl methyl sites for hydroxylation is 1. The van der Waals surface area contributed by atoms with Gasteiger partial charge in [0, 0.05) is 6.04 Å². The molecule has 0 amide bonds. The van der Waals surface area contributed by atoms with Crippen molar-refractivity contribution in [2.75, 3.05) is 13.1 Å². The Balaban J connectivity index is 2.04. The first kappa shape index (κ1) is 12.5. The number of aromatic amines is 1. The van der Waals surface area contributed by atoms with Crippen LogP contribution in [0.4, 0.5) is 0 Å². The molecule has 1 aromatic heterocycles. The molecule has 2 N–H and O–H groups in total. The van der Waals surface area contributed by atoms with Gasteiger partial charge in [-0.15, -0.1) is 0 Å². The van der Waals surface area contributed by atoms with E-state index < -0.39 is 0 Å². The summed E-state index contributed by atoms with van der Waals surface area (Å²) in [6, 6.07) is 6.70. The third kappa shape index (κ3) is 2.32. The minimum atomic E-state index is 0.0375. The normalized spacial score (nSPS) is 17.1. The summed E-state index contributed by atoms with van der Waals surface area (Å²) in [5.41, 5.74) is 3.37. The van der Waals surface area contributed by atoms with Crippen LogP contribution >= 0.6 is 0 Å². The highest BCUT2D eigenvalue weighted by Crippen LogP contribution is 2.22. The lowest BCUT2D eigenvalue weighted by atomic mass is 10.1. The second kappa shape index (κ2) is 5.21. The van der Waals surface area contributed by atoms with Crippen LogP contribution in [0.25, 0.3) is 11.0 Å². The van der Waals surface area contributed by atoms with Crippen LogP contribution in [-0.4, -0.2) is 22.6 Å². The van der Waals surface area contributed by atoms with E-state index in [1.54, 1.807) is 0 Å². The van der Waals surface area contributed by atoms with Crippen molar-refractivity contribution in [2.24, 2.45) is 0 Å². The molecule has 1 fully saturated rings. The molecular weight excluding hydrogens is 238 g/mol. The van der Waals surface area contributed by atoms with Crippen LogP contribution in [0.3, 0.4) is 0 Å². The summed E-state index contributed by atoms with van der Waals surface area (Å²) in [7, 11) is 0. The van der Waals surface area contributed by atoms with E-state index in [1.165, 1.54) is 5.56 Å². The molecule has 0 spiro atoms. The Morgan fingerprint density at radius 2 is 2.11 bits per heavy atom. The van der Waals surface area contributed by atoms with Gasteiger partial charge in [-0.3, -0.25) is 4.57 Å². The number of hydrogen-bond acceptors (Lipinski definition) is 2. The molecule has 4 nitrogen and oxygen atoms in total. The minimum Gasteiger partial charge on any atom is -0.317 e. The number of nitrogens with zero attached hydrogens (tertiary/aromatic N) is 1. The molecule has 0 radical (unpaired) electrons. The van der Waals surface area contributed by atoms with Crippen molar-refractivity contribution in [3.63, 3.8) is 0 Å². The molecule has 1 aromatic carbocycles. The average Bonchev–Trinajstić information content (AvgIpc) is 2.75. The number of aromatic nitrogens is 2. The zero-order chi connectivity index (χ0) is 13.2. The number of rotatable bonds is 3. The van der Waals surface area contributed by atoms with Crippen molar-refractivity contribution in [1.29, 1.82) is 0 Å². The molecule has 1 aliphatic rings. The van der Waals surface area contributed by atoms with Crippen LogP contribution in [0.5, 0.6) is 0 Å². The van der Waals surface area contributed by atoms with Gasteiger partial charge < -0.3 is 10.3 Å². The molecule has 0 bridgehead atoms. The quantitative estimate of drug-likeness (QED) is 0.888. The SMILES string of the molecule is CCCc1ccc2c(c1)[nH]c(=O)n2C1CCNCC1. The molecular formula is C15H21N3O. The minimum absolute atomic E-state index is 0.0375. The summed E-state index contributed by atoms with van der Waals surface area (Å²) < 4.78 is 1.95. The van der Waals surface area contributed by atoms with Crippen LogP contribution in [-0.2, 0) is 6.42 Å². The molecule has 0 atom stereocenters. The first-order valence-electron chi connectivity index (χ1n) is 7.23. The predicted octanol–water partition coefficient (Wildman–Crippen LogP) is 2.21. The molecule has 4 heteroatoms. The molecule has 1 aliphatic heterocycles. The van der Waals surface area contributed by atoms with Gasteiger partial charge in [0.15, 0.2) is 0 Å². The van der Waals surface area contributed by atoms with E-state index in [1.807, 2.05) is 4.57 Å². The van der Waals surface area contributed by atoms with Gasteiger partial charge in [-0.25, -0.2) is 4.79 Å². The van der Waals surface area contributed by atoms with Gasteiger partial charge in [-0.05, 0) is 50.0 Å². The Labute approximate surface area is 112 Å². The molecule has 0 saturated carbocycles. The molecule has 1 saturated heterocycles. The smallest absolute Gasteiger partial charge is 0.317 e. The van der Waals surface area contributed by atoms with Crippen LogP contribution in [0.2, 0.25) is 0 Å². The van der Waals surface area contributed by atoms with Crippen molar-refractivity contribution in [1.82, 2.24) is 14.9 Å². The monoisotopic (exact) mass is 259 g/mol. The summed E-state index contributed by atoms with van der Waals surface area (Å²) in [4.78, 5) is 15.2. The molecule has 3 rings (SSSR count). The first-order chi connectivity index (χ1) is 9.29. The largest absolute Gasteiger partial charge is 0.326 e. The van der Waals surface area contributed by atoms with E-state index in [4.69, 9.17) is 0 Å². The third-order valence-corrected chi connectivity index (χ3v) is 3.99. The lowest BCUT2D eigenvalue weighted by Crippen LogP contribution is -2.33. The summed E-state index contributed by atoms with van der Waals surface area (Å²) in [6.45, 7) is 4.17. The Morgan fingerprint density at radius 3 is 2.84 bits per heavy atom. The zero-order valence-corrected chi connectivity index (χ0v) is 11.4. The van der Waals surface area contributed by atoms with Crippen molar-refractivity contribution < 1.29 is 0 Å². The van der Waals surface area contributed by atoms with E-state index >= 15 is 0 Å². The molecule has 0 aliphatic carbocycles. The van der Waals surface area contributed by atoms with Crippen LogP contribution < -0.4 is 11.0 Å². The lowest BCUT2D eigenvalue weighted by molar-refractivity contribution is 0.368. The second-order valence-corrected chi connectivity index (χ2v) is 5.38. The fraction of sp³-hybridized carbons (Fsp3) is 0.533. The Kier molecular flexibility index (Phi) is 3.42. The van der Waals surface area contributed by atoms with Gasteiger partial charge in [-0.1, -0.05) is 19.4 Å². The maximum absolute atomic E-state index is 12.2. The molecule has 0 unspecified atom stereocenters. The topological polar surface area (TPSA) is 49.8 Å². The number of benzene rings is 1. The second-order valence-electron chi connectivity index (χ2n) is 5.38. The average molecular weight is 259 g/mol. The number of nitrogens with one attached hydrogen (secondary N) is 2. The number of hydrogen-bond donors (Lipinski definition) is 2. The Morgan fingerprint density at radius 1 is 1.32 bits per heavy atom. The predicted molar refractivity (Wildman–Crippen MR) is 77.7 cm³/mol. The van der Waals surface area contributed by atoms with Gasteiger partial charge in [0.25, 0.3) is 0 Å². The fourth-order valence-corrected chi connectivity index (χ4v) is 3.05. The van der Waals surface area contributed by atoms with Gasteiger partial charge >= 0.3 is 5.69 Å². The van der Waals surface area contributed by atoms with Gasteiger partial charge in [0.2, 0.25) is 0 Å². The fourth-order valence-electron chi connectivity index (χ4n) is 3.05. The lowest BCUT2D eigenvalue weighted by Gasteiger charge is -2.23. The number of piperidine rings is 1. The highest BCUT2D eigenvalue weighted by atomic mass is 16.1. The molecule has 102 valence electrons. The first-order valence-corrected chi connectivity index (χ1v) is 7.23. The maximum atomic E-state index is 12.2. The molecule has 2 heterocycles. The van der Waals surface area contributed by atoms with E-state index in [0.717, 1.165) is 49.8 Å². The highest BCUT2D eigenvalue weighted by molar-refractivity contribution is 5.76. The summed E-state index contributed by atoms with van der Waals surface area (Å²) in [5, 5.41) is 3.34. The van der Waals surface area contributed by atoms with Gasteiger partial charge in [0.05, 0.1) is 11.0 Å². The molecule has 2 aromatic rings. The van der Waals surface area contributed by atoms with Crippen LogP contribution in [0, 0.1) is 0 Å². The van der Waals surface area contributed by atoms with Crippen LogP contribution in [0.1, 0.15) is 37.8 Å². The van der Waals surface area contributed by atoms with E-state index in [0.29, 0.717) is 6.04 Å². The maximum Gasteiger partial charge on any atom is 0.326 e. The highest BCUT2D eigenvalue weighted by Gasteiger charge is 2.19. The van der Waals surface area contributed by atoms with Crippen molar-refractivity contribution >= 4 is 11.0 Å². The summed E-state index contributed by atoms with van der Waals surface area (Å²) in [5.74, 6) is 0. The van der Waals surface area contributed by atoms with E-state index in [9.17, 15) is 4.79 Å². The van der Waals surface area contributed by atoms with E-state index in [-0.39, 0.29) is 5.69 Å². The zero-order valence-electron chi connectivity index (χ0n) is 11.4. The van der Waals surface area contributed by atoms with Gasteiger partial charge in [-0.2, -0.15) is 0 Å². The summed E-state index contributed by atoms with van der Waals surface area (Å²) >= 11 is 0. The van der Waals surface area contributed by atoms with Crippen molar-refractivity contribution in [3.8, 4) is 0 Å². The van der Waals surface area contributed by atoms with Crippen molar-refractivity contribution in [3.05, 3.63) is 34.2 Å². The van der Waals surface area contributed by atoms with Crippen LogP contribution in [0.15, 0.2) is 23.0 Å². The third-order valence-electron chi connectivity index (χ3n) is 3.99. The van der Waals surface area contributed by atoms with E-state index in [2.05, 4.69) is 35.4 Å². The Bertz CT molecular complexity index is 620. The summed E-state index contributed by atoms with van der Waals surface area (Å²) in [6.07, 6.45) is 4.26. The standard InChI is InChI=1S/C15H21N3O/c1-2-3-11-4-5-14-13(10-11)17-15(19)18(14)12-6-8-16-9-7-12/h4-5,10,12,16H,2-3,6-9H2,1H3,(H,17,19).